The van der Waals surface area contributed by atoms with E-state index in [9.17, 15) is 0 Å². The van der Waals surface area contributed by atoms with Gasteiger partial charge in [-0.2, -0.15) is 0 Å². The summed E-state index contributed by atoms with van der Waals surface area (Å²) in [6, 6.07) is 5.50. The zero-order chi connectivity index (χ0) is 10.9. The Morgan fingerprint density at radius 2 is 2.20 bits per heavy atom. The Kier molecular flexibility index (Phi) is 3.24. The molecule has 0 atom stereocenters. The summed E-state index contributed by atoms with van der Waals surface area (Å²) in [5, 5.41) is 9.76. The van der Waals surface area contributed by atoms with Gasteiger partial charge in [-0.25, -0.2) is 0 Å². The molecule has 15 heavy (non-hydrogen) atoms. The molecule has 2 rings (SSSR count). The first kappa shape index (κ1) is 11.2. The highest BCUT2D eigenvalue weighted by Gasteiger charge is 2.42. The van der Waals surface area contributed by atoms with Gasteiger partial charge in [0.1, 0.15) is 5.75 Å². The lowest BCUT2D eigenvalue weighted by molar-refractivity contribution is 0.146. The van der Waals surface area contributed by atoms with Crippen molar-refractivity contribution < 1.29 is 9.84 Å². The molecule has 1 aliphatic carbocycles. The highest BCUT2D eigenvalue weighted by molar-refractivity contribution is 9.10. The topological polar surface area (TPSA) is 29.5 Å². The minimum atomic E-state index is 0.0134. The van der Waals surface area contributed by atoms with Crippen molar-refractivity contribution >= 4 is 27.5 Å². The van der Waals surface area contributed by atoms with Crippen LogP contribution in [0.25, 0.3) is 0 Å². The van der Waals surface area contributed by atoms with Gasteiger partial charge in [0, 0.05) is 9.89 Å². The summed E-state index contributed by atoms with van der Waals surface area (Å²) in [6.07, 6.45) is 2.10. The normalized spacial score (nSPS) is 17.5. The number of aliphatic hydroxyl groups excluding tert-OH is 1. The standard InChI is InChI=1S/C11H12BrClO2/c12-9-2-1-8(5-10(9)13)15-7-11(6-14)3-4-11/h1-2,5,14H,3-4,6-7H2. The van der Waals surface area contributed by atoms with Crippen LogP contribution in [0.2, 0.25) is 5.02 Å². The molecular weight excluding hydrogens is 279 g/mol. The molecule has 0 bridgehead atoms. The summed E-state index contributed by atoms with van der Waals surface area (Å²) in [4.78, 5) is 0. The van der Waals surface area contributed by atoms with E-state index in [1.165, 1.54) is 0 Å². The van der Waals surface area contributed by atoms with Crippen LogP contribution >= 0.6 is 27.5 Å². The molecule has 0 aromatic heterocycles. The maximum absolute atomic E-state index is 9.12. The average molecular weight is 292 g/mol. The van der Waals surface area contributed by atoms with Crippen LogP contribution in [0.5, 0.6) is 5.75 Å². The van der Waals surface area contributed by atoms with E-state index in [1.54, 1.807) is 6.07 Å². The van der Waals surface area contributed by atoms with E-state index in [0.29, 0.717) is 11.6 Å². The third-order valence-corrected chi connectivity index (χ3v) is 3.96. The van der Waals surface area contributed by atoms with Gasteiger partial charge in [-0.05, 0) is 47.0 Å². The fraction of sp³-hybridized carbons (Fsp3) is 0.455. The van der Waals surface area contributed by atoms with E-state index in [4.69, 9.17) is 21.4 Å². The predicted molar refractivity (Wildman–Crippen MR) is 63.4 cm³/mol. The summed E-state index contributed by atoms with van der Waals surface area (Å²) < 4.78 is 6.46. The molecule has 1 fully saturated rings. The number of halogens is 2. The largest absolute Gasteiger partial charge is 0.493 e. The Bertz CT molecular complexity index is 364. The third-order valence-electron chi connectivity index (χ3n) is 2.73. The quantitative estimate of drug-likeness (QED) is 0.923. The summed E-state index contributed by atoms with van der Waals surface area (Å²) in [5.74, 6) is 0.753. The molecule has 0 saturated heterocycles. The lowest BCUT2D eigenvalue weighted by Crippen LogP contribution is -2.16. The molecule has 1 N–H and O–H groups in total. The summed E-state index contributed by atoms with van der Waals surface area (Å²) >= 11 is 9.26. The van der Waals surface area contributed by atoms with Crippen molar-refractivity contribution in [3.63, 3.8) is 0 Å². The number of rotatable bonds is 4. The summed E-state index contributed by atoms with van der Waals surface area (Å²) in [6.45, 7) is 0.777. The van der Waals surface area contributed by atoms with Crippen LogP contribution in [0, 0.1) is 5.41 Å². The van der Waals surface area contributed by atoms with Crippen molar-refractivity contribution in [2.75, 3.05) is 13.2 Å². The maximum Gasteiger partial charge on any atom is 0.120 e. The Morgan fingerprint density at radius 3 is 2.73 bits per heavy atom. The van der Waals surface area contributed by atoms with Crippen LogP contribution in [0.4, 0.5) is 0 Å². The SMILES string of the molecule is OCC1(COc2ccc(Br)c(Cl)c2)CC1. The molecule has 1 saturated carbocycles. The minimum Gasteiger partial charge on any atom is -0.493 e. The van der Waals surface area contributed by atoms with Crippen LogP contribution in [0.3, 0.4) is 0 Å². The van der Waals surface area contributed by atoms with Crippen molar-refractivity contribution in [2.45, 2.75) is 12.8 Å². The zero-order valence-corrected chi connectivity index (χ0v) is 10.5. The van der Waals surface area contributed by atoms with Crippen LogP contribution in [0.1, 0.15) is 12.8 Å². The Labute approximate surface area is 102 Å². The molecule has 1 aliphatic rings. The first-order valence-corrected chi connectivity index (χ1v) is 6.01. The highest BCUT2D eigenvalue weighted by Crippen LogP contribution is 2.45. The molecule has 0 spiro atoms. The van der Waals surface area contributed by atoms with Gasteiger partial charge in [-0.3, -0.25) is 0 Å². The molecule has 0 unspecified atom stereocenters. The van der Waals surface area contributed by atoms with E-state index in [1.807, 2.05) is 12.1 Å². The molecule has 0 aliphatic heterocycles. The minimum absolute atomic E-state index is 0.0134. The molecule has 1 aromatic rings. The van der Waals surface area contributed by atoms with Gasteiger partial charge in [0.2, 0.25) is 0 Å². The summed E-state index contributed by atoms with van der Waals surface area (Å²) in [7, 11) is 0. The number of ether oxygens (including phenoxy) is 1. The Hall–Kier alpha value is -0.250. The first-order chi connectivity index (χ1) is 7.15. The lowest BCUT2D eigenvalue weighted by atomic mass is 10.1. The van der Waals surface area contributed by atoms with E-state index in [2.05, 4.69) is 15.9 Å². The van der Waals surface area contributed by atoms with Crippen LogP contribution < -0.4 is 4.74 Å². The van der Waals surface area contributed by atoms with E-state index < -0.39 is 0 Å². The van der Waals surface area contributed by atoms with Gasteiger partial charge in [-0.15, -0.1) is 0 Å². The van der Waals surface area contributed by atoms with Crippen molar-refractivity contribution in [2.24, 2.45) is 5.41 Å². The van der Waals surface area contributed by atoms with E-state index in [-0.39, 0.29) is 12.0 Å². The number of benzene rings is 1. The molecule has 0 radical (unpaired) electrons. The fourth-order valence-electron chi connectivity index (χ4n) is 1.33. The lowest BCUT2D eigenvalue weighted by Gasteiger charge is -2.13. The van der Waals surface area contributed by atoms with Crippen LogP contribution in [-0.4, -0.2) is 18.3 Å². The van der Waals surface area contributed by atoms with Crippen LogP contribution in [0.15, 0.2) is 22.7 Å². The molecule has 0 heterocycles. The molecule has 4 heteroatoms. The molecular formula is C11H12BrClO2. The van der Waals surface area contributed by atoms with E-state index in [0.717, 1.165) is 23.1 Å². The summed E-state index contributed by atoms with van der Waals surface area (Å²) in [5.41, 5.74) is 0.0134. The Balaban J connectivity index is 1.96. The van der Waals surface area contributed by atoms with Crippen molar-refractivity contribution in [1.29, 1.82) is 0 Å². The van der Waals surface area contributed by atoms with Gasteiger partial charge >= 0.3 is 0 Å². The van der Waals surface area contributed by atoms with Gasteiger partial charge in [0.05, 0.1) is 18.2 Å². The Morgan fingerprint density at radius 1 is 1.47 bits per heavy atom. The van der Waals surface area contributed by atoms with Gasteiger partial charge in [0.25, 0.3) is 0 Å². The number of hydrogen-bond donors (Lipinski definition) is 1. The third kappa shape index (κ3) is 2.65. The monoisotopic (exact) mass is 290 g/mol. The second-order valence-electron chi connectivity index (χ2n) is 4.02. The van der Waals surface area contributed by atoms with Gasteiger partial charge < -0.3 is 9.84 Å². The van der Waals surface area contributed by atoms with Gasteiger partial charge in [0.15, 0.2) is 0 Å². The highest BCUT2D eigenvalue weighted by atomic mass is 79.9. The average Bonchev–Trinajstić information content (AvgIpc) is 3.01. The zero-order valence-electron chi connectivity index (χ0n) is 8.17. The fourth-order valence-corrected chi connectivity index (χ4v) is 1.75. The maximum atomic E-state index is 9.12. The molecule has 2 nitrogen and oxygen atoms in total. The second-order valence-corrected chi connectivity index (χ2v) is 5.28. The molecule has 1 aromatic carbocycles. The number of hydrogen-bond acceptors (Lipinski definition) is 2. The number of aliphatic hydroxyl groups is 1. The van der Waals surface area contributed by atoms with Crippen molar-refractivity contribution in [3.05, 3.63) is 27.7 Å². The van der Waals surface area contributed by atoms with Crippen molar-refractivity contribution in [1.82, 2.24) is 0 Å². The van der Waals surface area contributed by atoms with Crippen molar-refractivity contribution in [3.8, 4) is 5.75 Å². The molecule has 82 valence electrons. The smallest absolute Gasteiger partial charge is 0.120 e. The van der Waals surface area contributed by atoms with Crippen LogP contribution in [-0.2, 0) is 0 Å². The predicted octanol–water partition coefficient (Wildman–Crippen LogP) is 3.25. The van der Waals surface area contributed by atoms with Gasteiger partial charge in [-0.1, -0.05) is 11.6 Å². The first-order valence-electron chi connectivity index (χ1n) is 4.84. The molecule has 0 amide bonds. The second kappa shape index (κ2) is 4.32. The van der Waals surface area contributed by atoms with E-state index >= 15 is 0 Å².